The normalized spacial score (nSPS) is 10.6. The van der Waals surface area contributed by atoms with Crippen molar-refractivity contribution in [2.24, 2.45) is 0 Å². The van der Waals surface area contributed by atoms with Crippen molar-refractivity contribution < 1.29 is 13.6 Å². The zero-order chi connectivity index (χ0) is 17.4. The van der Waals surface area contributed by atoms with Crippen LogP contribution in [-0.2, 0) is 17.0 Å². The zero-order valence-corrected chi connectivity index (χ0v) is 13.6. The average molecular weight is 350 g/mol. The molecule has 0 unspecified atom stereocenters. The summed E-state index contributed by atoms with van der Waals surface area (Å²) in [4.78, 5) is 15.6. The summed E-state index contributed by atoms with van der Waals surface area (Å²) in [5.74, 6) is 1.04. The Morgan fingerprint density at radius 3 is 2.79 bits per heavy atom. The number of hydrogen-bond acceptors (Lipinski definition) is 4. The van der Waals surface area contributed by atoms with E-state index < -0.39 is 6.55 Å². The van der Waals surface area contributed by atoms with Crippen molar-refractivity contribution in [2.75, 3.05) is 12.3 Å². The lowest BCUT2D eigenvalue weighted by Gasteiger charge is -2.07. The van der Waals surface area contributed by atoms with Crippen LogP contribution in [0.4, 0.5) is 8.78 Å². The predicted octanol–water partition coefficient (Wildman–Crippen LogP) is 2.74. The van der Waals surface area contributed by atoms with Gasteiger partial charge in [-0.05, 0) is 17.7 Å². The third-order valence-corrected chi connectivity index (χ3v) is 4.22. The molecule has 0 aliphatic carbocycles. The van der Waals surface area contributed by atoms with Crippen LogP contribution in [-0.4, -0.2) is 27.8 Å². The number of nitriles is 1. The van der Waals surface area contributed by atoms with Gasteiger partial charge in [-0.25, -0.2) is 4.98 Å². The largest absolute Gasteiger partial charge is 0.355 e. The Kier molecular flexibility index (Phi) is 6.75. The summed E-state index contributed by atoms with van der Waals surface area (Å²) in [5, 5.41) is 11.4. The first-order valence-corrected chi connectivity index (χ1v) is 8.39. The second-order valence-corrected chi connectivity index (χ2v) is 5.92. The van der Waals surface area contributed by atoms with Crippen LogP contribution in [0.15, 0.2) is 36.7 Å². The lowest BCUT2D eigenvalue weighted by atomic mass is 10.2. The standard InChI is InChI=1S/C16H16F2N4OS/c17-16(18)22-8-7-20-14(22)5-6-21-15(23)11-24-10-13-3-1-12(9-19)2-4-13/h1-4,7-8,16H,5-6,10-11H2,(H,21,23). The summed E-state index contributed by atoms with van der Waals surface area (Å²) >= 11 is 1.45. The van der Waals surface area contributed by atoms with E-state index in [1.807, 2.05) is 18.2 Å². The summed E-state index contributed by atoms with van der Waals surface area (Å²) in [6.07, 6.45) is 2.79. The van der Waals surface area contributed by atoms with Gasteiger partial charge in [-0.1, -0.05) is 12.1 Å². The molecule has 1 aromatic heterocycles. The zero-order valence-electron chi connectivity index (χ0n) is 12.8. The van der Waals surface area contributed by atoms with Crippen molar-refractivity contribution in [2.45, 2.75) is 18.7 Å². The molecule has 5 nitrogen and oxygen atoms in total. The van der Waals surface area contributed by atoms with Crippen molar-refractivity contribution in [3.05, 3.63) is 53.6 Å². The van der Waals surface area contributed by atoms with Crippen LogP contribution in [0, 0.1) is 11.3 Å². The van der Waals surface area contributed by atoms with Gasteiger partial charge in [0.05, 0.1) is 17.4 Å². The molecule has 0 aliphatic rings. The number of rotatable bonds is 8. The summed E-state index contributed by atoms with van der Waals surface area (Å²) in [7, 11) is 0. The summed E-state index contributed by atoms with van der Waals surface area (Å²) in [6, 6.07) is 9.23. The first kappa shape index (κ1) is 17.9. The Morgan fingerprint density at radius 1 is 1.38 bits per heavy atom. The van der Waals surface area contributed by atoms with Gasteiger partial charge in [0.25, 0.3) is 0 Å². The van der Waals surface area contributed by atoms with E-state index in [1.54, 1.807) is 12.1 Å². The number of nitrogens with one attached hydrogen (secondary N) is 1. The van der Waals surface area contributed by atoms with Gasteiger partial charge in [0.1, 0.15) is 5.82 Å². The molecule has 1 aromatic carbocycles. The molecule has 0 aliphatic heterocycles. The Balaban J connectivity index is 1.66. The van der Waals surface area contributed by atoms with E-state index in [-0.39, 0.29) is 30.5 Å². The summed E-state index contributed by atoms with van der Waals surface area (Å²) in [6.45, 7) is -2.36. The molecule has 0 bridgehead atoms. The highest BCUT2D eigenvalue weighted by Crippen LogP contribution is 2.13. The fourth-order valence-electron chi connectivity index (χ4n) is 2.02. The summed E-state index contributed by atoms with van der Waals surface area (Å²) in [5.41, 5.74) is 1.63. The number of imidazole rings is 1. The van der Waals surface area contributed by atoms with Crippen LogP contribution in [0.25, 0.3) is 0 Å². The molecule has 8 heteroatoms. The number of alkyl halides is 2. The first-order valence-electron chi connectivity index (χ1n) is 7.23. The lowest BCUT2D eigenvalue weighted by molar-refractivity contribution is -0.118. The number of nitrogens with zero attached hydrogens (tertiary/aromatic N) is 3. The van der Waals surface area contributed by atoms with Crippen molar-refractivity contribution >= 4 is 17.7 Å². The third-order valence-electron chi connectivity index (χ3n) is 3.21. The number of thioether (sulfide) groups is 1. The SMILES string of the molecule is N#Cc1ccc(CSCC(=O)NCCc2nccn2C(F)F)cc1. The molecule has 126 valence electrons. The van der Waals surface area contributed by atoms with E-state index in [1.165, 1.54) is 24.2 Å². The van der Waals surface area contributed by atoms with Crippen molar-refractivity contribution in [3.63, 3.8) is 0 Å². The van der Waals surface area contributed by atoms with Crippen LogP contribution in [0.1, 0.15) is 23.5 Å². The Hall–Kier alpha value is -2.40. The number of amides is 1. The molecule has 1 N–H and O–H groups in total. The fraction of sp³-hybridized carbons (Fsp3) is 0.312. The maximum atomic E-state index is 12.6. The van der Waals surface area contributed by atoms with Gasteiger partial charge in [-0.15, -0.1) is 11.8 Å². The minimum atomic E-state index is -2.62. The van der Waals surface area contributed by atoms with Crippen LogP contribution < -0.4 is 5.32 Å². The number of halogens is 2. The minimum Gasteiger partial charge on any atom is -0.355 e. The molecule has 2 rings (SSSR count). The molecule has 0 spiro atoms. The van der Waals surface area contributed by atoms with Gasteiger partial charge in [0.2, 0.25) is 5.91 Å². The Bertz CT molecular complexity index is 710. The fourth-order valence-corrected chi connectivity index (χ4v) is 2.83. The molecule has 0 saturated carbocycles. The number of hydrogen-bond donors (Lipinski definition) is 1. The first-order chi connectivity index (χ1) is 11.6. The van der Waals surface area contributed by atoms with Crippen LogP contribution in [0.3, 0.4) is 0 Å². The van der Waals surface area contributed by atoms with Gasteiger partial charge in [-0.3, -0.25) is 9.36 Å². The van der Waals surface area contributed by atoms with E-state index in [9.17, 15) is 13.6 Å². The van der Waals surface area contributed by atoms with E-state index in [0.717, 1.165) is 10.1 Å². The summed E-state index contributed by atoms with van der Waals surface area (Å²) < 4.78 is 26.1. The lowest BCUT2D eigenvalue weighted by Crippen LogP contribution is -2.28. The van der Waals surface area contributed by atoms with Crippen LogP contribution in [0.5, 0.6) is 0 Å². The highest BCUT2D eigenvalue weighted by atomic mass is 32.2. The Labute approximate surface area is 142 Å². The van der Waals surface area contributed by atoms with Crippen molar-refractivity contribution in [3.8, 4) is 6.07 Å². The molecule has 1 heterocycles. The van der Waals surface area contributed by atoms with E-state index >= 15 is 0 Å². The smallest absolute Gasteiger partial charge is 0.319 e. The van der Waals surface area contributed by atoms with Gasteiger partial charge < -0.3 is 5.32 Å². The molecular weight excluding hydrogens is 334 g/mol. The van der Waals surface area contributed by atoms with Gasteiger partial charge in [0.15, 0.2) is 0 Å². The molecule has 2 aromatic rings. The maximum Gasteiger partial charge on any atom is 0.319 e. The van der Waals surface area contributed by atoms with Crippen molar-refractivity contribution in [1.29, 1.82) is 5.26 Å². The number of carbonyl (C=O) groups is 1. The molecular formula is C16H16F2N4OS. The second-order valence-electron chi connectivity index (χ2n) is 4.93. The highest BCUT2D eigenvalue weighted by molar-refractivity contribution is 7.99. The molecule has 1 amide bonds. The van der Waals surface area contributed by atoms with Crippen molar-refractivity contribution in [1.82, 2.24) is 14.9 Å². The number of benzene rings is 1. The third kappa shape index (κ3) is 5.35. The average Bonchev–Trinajstić information content (AvgIpc) is 3.04. The quantitative estimate of drug-likeness (QED) is 0.795. The molecule has 0 saturated heterocycles. The second kappa shape index (κ2) is 9.03. The number of carbonyl (C=O) groups excluding carboxylic acids is 1. The highest BCUT2D eigenvalue weighted by Gasteiger charge is 2.11. The number of aromatic nitrogens is 2. The van der Waals surface area contributed by atoms with Gasteiger partial charge in [-0.2, -0.15) is 14.0 Å². The van der Waals surface area contributed by atoms with E-state index in [2.05, 4.69) is 10.3 Å². The monoisotopic (exact) mass is 350 g/mol. The van der Waals surface area contributed by atoms with E-state index in [0.29, 0.717) is 11.3 Å². The maximum absolute atomic E-state index is 12.6. The van der Waals surface area contributed by atoms with Gasteiger partial charge in [0, 0.05) is 31.1 Å². The molecule has 0 radical (unpaired) electrons. The van der Waals surface area contributed by atoms with Crippen LogP contribution >= 0.6 is 11.8 Å². The predicted molar refractivity (Wildman–Crippen MR) is 87.5 cm³/mol. The molecule has 24 heavy (non-hydrogen) atoms. The Morgan fingerprint density at radius 2 is 2.12 bits per heavy atom. The minimum absolute atomic E-state index is 0.149. The van der Waals surface area contributed by atoms with E-state index in [4.69, 9.17) is 5.26 Å². The van der Waals surface area contributed by atoms with Crippen LogP contribution in [0.2, 0.25) is 0 Å². The van der Waals surface area contributed by atoms with Gasteiger partial charge >= 0.3 is 6.55 Å². The molecule has 0 atom stereocenters. The topological polar surface area (TPSA) is 70.7 Å². The molecule has 0 fully saturated rings.